The van der Waals surface area contributed by atoms with Gasteiger partial charge in [0.15, 0.2) is 5.75 Å². The van der Waals surface area contributed by atoms with E-state index in [2.05, 4.69) is 25.3 Å². The first-order chi connectivity index (χ1) is 19.5. The quantitative estimate of drug-likeness (QED) is 0.282. The van der Waals surface area contributed by atoms with E-state index in [4.69, 9.17) is 4.74 Å². The van der Waals surface area contributed by atoms with Crippen LogP contribution >= 0.6 is 0 Å². The number of benzene rings is 2. The van der Waals surface area contributed by atoms with Crippen LogP contribution in [0.15, 0.2) is 54.9 Å². The highest BCUT2D eigenvalue weighted by molar-refractivity contribution is 7.92. The van der Waals surface area contributed by atoms with Gasteiger partial charge in [-0.15, -0.1) is 5.10 Å². The molecule has 0 saturated heterocycles. The number of aromatic nitrogens is 4. The monoisotopic (exact) mass is 602 g/mol. The van der Waals surface area contributed by atoms with Gasteiger partial charge in [-0.25, -0.2) is 13.1 Å². The van der Waals surface area contributed by atoms with Crippen molar-refractivity contribution < 1.29 is 31.1 Å². The Morgan fingerprint density at radius 3 is 2.29 bits per heavy atom. The molecule has 0 atom stereocenters. The van der Waals surface area contributed by atoms with Gasteiger partial charge in [0.2, 0.25) is 10.0 Å². The third-order valence-corrected chi connectivity index (χ3v) is 6.85. The van der Waals surface area contributed by atoms with Crippen molar-refractivity contribution in [1.82, 2.24) is 20.0 Å². The first-order valence-electron chi connectivity index (χ1n) is 12.5. The number of hydrogen-bond acceptors (Lipinski definition) is 7. The fourth-order valence-electron chi connectivity index (χ4n) is 4.07. The second-order valence-corrected chi connectivity index (χ2v) is 12.4. The maximum absolute atomic E-state index is 13.4. The van der Waals surface area contributed by atoms with E-state index in [-0.39, 0.29) is 28.1 Å². The molecule has 14 heteroatoms. The van der Waals surface area contributed by atoms with Crippen LogP contribution in [0.3, 0.4) is 0 Å². The minimum Gasteiger partial charge on any atom is -0.492 e. The summed E-state index contributed by atoms with van der Waals surface area (Å²) in [5, 5.41) is 11.0. The topological polar surface area (TPSA) is 128 Å². The predicted octanol–water partition coefficient (Wildman–Crippen LogP) is 5.59. The normalized spacial score (nSPS) is 12.2. The van der Waals surface area contributed by atoms with Gasteiger partial charge < -0.3 is 10.1 Å². The number of carbonyl (C=O) groups excluding carboxylic acids is 1. The van der Waals surface area contributed by atoms with Crippen LogP contribution in [-0.2, 0) is 21.6 Å². The van der Waals surface area contributed by atoms with Crippen LogP contribution < -0.4 is 14.8 Å². The molecule has 2 N–H and O–H groups in total. The molecule has 2 aromatic carbocycles. The number of pyridine rings is 1. The Hall–Kier alpha value is -4.46. The Labute approximate surface area is 241 Å². The molecule has 1 amide bonds. The first kappa shape index (κ1) is 30.5. The number of alkyl halides is 3. The standard InChI is InChI=1S/C28H29F3N6O4S/c1-16-7-8-17(11-23(16)37-15-22(34-36-37)18-9-10-24(32-14-18)28(29,30)31)26(38)33-20-12-19(27(2,3)4)13-21(25(20)41-5)35-42(6,39)40/h7-15,35H,1-6H3,(H,33,38). The van der Waals surface area contributed by atoms with Gasteiger partial charge in [-0.2, -0.15) is 13.2 Å². The van der Waals surface area contributed by atoms with Gasteiger partial charge in [-0.3, -0.25) is 14.5 Å². The van der Waals surface area contributed by atoms with Crippen LogP contribution in [0.1, 0.15) is 48.0 Å². The molecule has 0 unspecified atom stereocenters. The van der Waals surface area contributed by atoms with Crippen molar-refractivity contribution in [3.05, 3.63) is 77.2 Å². The van der Waals surface area contributed by atoms with Crippen molar-refractivity contribution in [2.45, 2.75) is 39.3 Å². The number of carbonyl (C=O) groups is 1. The number of amides is 1. The summed E-state index contributed by atoms with van der Waals surface area (Å²) in [5.41, 5.74) is 1.94. The largest absolute Gasteiger partial charge is 0.492 e. The molecule has 0 fully saturated rings. The fourth-order valence-corrected chi connectivity index (χ4v) is 4.62. The molecule has 0 aliphatic rings. The summed E-state index contributed by atoms with van der Waals surface area (Å²) in [7, 11) is -2.28. The van der Waals surface area contributed by atoms with Crippen LogP contribution in [0.25, 0.3) is 16.9 Å². The second kappa shape index (κ2) is 11.1. The van der Waals surface area contributed by atoms with Crippen LogP contribution in [0.5, 0.6) is 5.75 Å². The molecule has 2 heterocycles. The first-order valence-corrected chi connectivity index (χ1v) is 14.4. The summed E-state index contributed by atoms with van der Waals surface area (Å²) in [5.74, 6) is -0.363. The number of halogens is 3. The van der Waals surface area contributed by atoms with E-state index >= 15 is 0 Å². The number of nitrogens with one attached hydrogen (secondary N) is 2. The SMILES string of the molecule is COc1c(NC(=O)c2ccc(C)c(-n3cc(-c4ccc(C(F)(F)F)nc4)nn3)c2)cc(C(C)(C)C)cc1NS(C)(=O)=O. The Balaban J connectivity index is 1.67. The van der Waals surface area contributed by atoms with E-state index in [9.17, 15) is 26.4 Å². The number of sulfonamides is 1. The third-order valence-electron chi connectivity index (χ3n) is 6.26. The maximum Gasteiger partial charge on any atom is 0.433 e. The van der Waals surface area contributed by atoms with E-state index in [0.29, 0.717) is 16.9 Å². The van der Waals surface area contributed by atoms with Gasteiger partial charge in [0, 0.05) is 17.3 Å². The van der Waals surface area contributed by atoms with E-state index in [1.807, 2.05) is 20.8 Å². The number of ether oxygens (including phenoxy) is 1. The highest BCUT2D eigenvalue weighted by atomic mass is 32.2. The Morgan fingerprint density at radius 2 is 1.71 bits per heavy atom. The van der Waals surface area contributed by atoms with Gasteiger partial charge in [0.05, 0.1) is 36.6 Å². The van der Waals surface area contributed by atoms with Crippen LogP contribution in [0.2, 0.25) is 0 Å². The molecular formula is C28H29F3N6O4S. The molecular weight excluding hydrogens is 573 g/mol. The van der Waals surface area contributed by atoms with Gasteiger partial charge in [-0.1, -0.05) is 32.1 Å². The average Bonchev–Trinajstić information content (AvgIpc) is 3.37. The van der Waals surface area contributed by atoms with Crippen molar-refractivity contribution in [3.63, 3.8) is 0 Å². The number of rotatable bonds is 7. The molecule has 222 valence electrons. The zero-order valence-electron chi connectivity index (χ0n) is 23.7. The summed E-state index contributed by atoms with van der Waals surface area (Å²) >= 11 is 0. The molecule has 2 aromatic heterocycles. The third kappa shape index (κ3) is 6.87. The molecule has 0 bridgehead atoms. The lowest BCUT2D eigenvalue weighted by Gasteiger charge is -2.24. The van der Waals surface area contributed by atoms with E-state index in [1.54, 1.807) is 37.3 Å². The number of nitrogens with zero attached hydrogens (tertiary/aromatic N) is 4. The molecule has 10 nitrogen and oxygen atoms in total. The average molecular weight is 603 g/mol. The predicted molar refractivity (Wildman–Crippen MR) is 152 cm³/mol. The molecule has 0 aliphatic carbocycles. The van der Waals surface area contributed by atoms with E-state index < -0.39 is 27.8 Å². The molecule has 42 heavy (non-hydrogen) atoms. The zero-order valence-corrected chi connectivity index (χ0v) is 24.5. The Kier molecular flexibility index (Phi) is 8.05. The molecule has 0 spiro atoms. The smallest absolute Gasteiger partial charge is 0.433 e. The molecule has 0 radical (unpaired) electrons. The number of hydrogen-bond donors (Lipinski definition) is 2. The summed E-state index contributed by atoms with van der Waals surface area (Å²) in [6, 6.07) is 10.4. The van der Waals surface area contributed by atoms with Crippen molar-refractivity contribution in [3.8, 4) is 22.7 Å². The molecule has 0 saturated carbocycles. The number of methoxy groups -OCH3 is 1. The van der Waals surface area contributed by atoms with Crippen molar-refractivity contribution >= 4 is 27.3 Å². The van der Waals surface area contributed by atoms with Crippen LogP contribution in [0, 0.1) is 6.92 Å². The van der Waals surface area contributed by atoms with Gasteiger partial charge in [0.25, 0.3) is 5.91 Å². The van der Waals surface area contributed by atoms with Gasteiger partial charge in [0.1, 0.15) is 11.4 Å². The van der Waals surface area contributed by atoms with Crippen molar-refractivity contribution in [1.29, 1.82) is 0 Å². The minimum absolute atomic E-state index is 0.139. The fraction of sp³-hybridized carbons (Fsp3) is 0.286. The lowest BCUT2D eigenvalue weighted by molar-refractivity contribution is -0.141. The van der Waals surface area contributed by atoms with E-state index in [1.165, 1.54) is 24.1 Å². The van der Waals surface area contributed by atoms with Gasteiger partial charge in [-0.05, 0) is 59.9 Å². The Morgan fingerprint density at radius 1 is 1.02 bits per heavy atom. The summed E-state index contributed by atoms with van der Waals surface area (Å²) in [6.07, 6.45) is -0.947. The Bertz CT molecular complexity index is 1740. The zero-order chi connectivity index (χ0) is 31.0. The second-order valence-electron chi connectivity index (χ2n) is 10.7. The summed E-state index contributed by atoms with van der Waals surface area (Å²) < 4.78 is 72.0. The summed E-state index contributed by atoms with van der Waals surface area (Å²) in [6.45, 7) is 7.65. The molecule has 0 aliphatic heterocycles. The van der Waals surface area contributed by atoms with Crippen LogP contribution in [-0.4, -0.2) is 47.7 Å². The minimum atomic E-state index is -4.56. The maximum atomic E-state index is 13.4. The van der Waals surface area contributed by atoms with E-state index in [0.717, 1.165) is 29.6 Å². The lowest BCUT2D eigenvalue weighted by Crippen LogP contribution is -2.18. The molecule has 4 aromatic rings. The van der Waals surface area contributed by atoms with Gasteiger partial charge >= 0.3 is 6.18 Å². The molecule has 4 rings (SSSR count). The van der Waals surface area contributed by atoms with Crippen molar-refractivity contribution in [2.24, 2.45) is 0 Å². The number of anilines is 2. The highest BCUT2D eigenvalue weighted by Gasteiger charge is 2.32. The highest BCUT2D eigenvalue weighted by Crippen LogP contribution is 2.39. The summed E-state index contributed by atoms with van der Waals surface area (Å²) in [4.78, 5) is 16.9. The number of aryl methyl sites for hydroxylation is 1. The van der Waals surface area contributed by atoms with Crippen molar-refractivity contribution in [2.75, 3.05) is 23.4 Å². The lowest BCUT2D eigenvalue weighted by atomic mass is 9.86. The van der Waals surface area contributed by atoms with Crippen LogP contribution in [0.4, 0.5) is 24.5 Å².